The van der Waals surface area contributed by atoms with Crippen LogP contribution in [0.15, 0.2) is 48.5 Å². The largest absolute Gasteiger partial charge is 0.489 e. The maximum Gasteiger partial charge on any atom is 0.247 e. The fourth-order valence-electron chi connectivity index (χ4n) is 2.38. The van der Waals surface area contributed by atoms with Crippen LogP contribution >= 0.6 is 0 Å². The molecule has 2 rings (SSSR count). The highest BCUT2D eigenvalue weighted by atomic mass is 19.1. The summed E-state index contributed by atoms with van der Waals surface area (Å²) in [6, 6.07) is 12.4. The molecule has 0 aliphatic heterocycles. The topological polar surface area (TPSA) is 67.4 Å². The maximum atomic E-state index is 12.9. The zero-order valence-corrected chi connectivity index (χ0v) is 15.1. The van der Waals surface area contributed by atoms with E-state index in [2.05, 4.69) is 10.6 Å². The molecule has 2 N–H and O–H groups in total. The van der Waals surface area contributed by atoms with Gasteiger partial charge in [0.25, 0.3) is 0 Å². The summed E-state index contributed by atoms with van der Waals surface area (Å²) in [6.45, 7) is 5.40. The average Bonchev–Trinajstić information content (AvgIpc) is 2.59. The highest BCUT2D eigenvalue weighted by Gasteiger charge is 2.23. The van der Waals surface area contributed by atoms with Crippen LogP contribution in [0.5, 0.6) is 5.75 Å². The minimum atomic E-state index is -0.615. The van der Waals surface area contributed by atoms with E-state index in [1.54, 1.807) is 36.4 Å². The van der Waals surface area contributed by atoms with Crippen molar-refractivity contribution in [2.45, 2.75) is 33.4 Å². The first-order valence-electron chi connectivity index (χ1n) is 8.40. The SMILES string of the molecule is CC(=O)NC(C(=O)Nc1cccc(OCc2ccc(F)cc2)c1)C(C)C. The molecule has 26 heavy (non-hydrogen) atoms. The predicted octanol–water partition coefficient (Wildman–Crippen LogP) is 3.50. The van der Waals surface area contributed by atoms with Crippen LogP contribution in [0.25, 0.3) is 0 Å². The van der Waals surface area contributed by atoms with Crippen molar-refractivity contribution in [3.63, 3.8) is 0 Å². The van der Waals surface area contributed by atoms with Crippen molar-refractivity contribution in [2.75, 3.05) is 5.32 Å². The number of amides is 2. The number of hydrogen-bond acceptors (Lipinski definition) is 3. The van der Waals surface area contributed by atoms with Crippen LogP contribution < -0.4 is 15.4 Å². The van der Waals surface area contributed by atoms with Crippen LogP contribution in [0, 0.1) is 11.7 Å². The van der Waals surface area contributed by atoms with Crippen molar-refractivity contribution in [2.24, 2.45) is 5.92 Å². The van der Waals surface area contributed by atoms with Crippen LogP contribution in [0.3, 0.4) is 0 Å². The molecule has 1 unspecified atom stereocenters. The number of benzene rings is 2. The molecule has 0 aromatic heterocycles. The van der Waals surface area contributed by atoms with Crippen LogP contribution in [-0.4, -0.2) is 17.9 Å². The van der Waals surface area contributed by atoms with Crippen LogP contribution in [0.2, 0.25) is 0 Å². The van der Waals surface area contributed by atoms with E-state index in [0.717, 1.165) is 5.56 Å². The van der Waals surface area contributed by atoms with Crippen molar-refractivity contribution in [3.05, 3.63) is 59.9 Å². The highest BCUT2D eigenvalue weighted by molar-refractivity contribution is 5.97. The molecule has 0 heterocycles. The second-order valence-corrected chi connectivity index (χ2v) is 6.35. The van der Waals surface area contributed by atoms with Crippen LogP contribution in [-0.2, 0) is 16.2 Å². The number of rotatable bonds is 7. The van der Waals surface area contributed by atoms with Crippen molar-refractivity contribution in [3.8, 4) is 5.75 Å². The number of ether oxygens (including phenoxy) is 1. The third kappa shape index (κ3) is 5.88. The summed E-state index contributed by atoms with van der Waals surface area (Å²) >= 11 is 0. The fraction of sp³-hybridized carbons (Fsp3) is 0.300. The molecule has 2 aromatic rings. The number of carbonyl (C=O) groups excluding carboxylic acids is 2. The Balaban J connectivity index is 2.00. The molecule has 138 valence electrons. The molecule has 5 nitrogen and oxygen atoms in total. The van der Waals surface area contributed by atoms with E-state index >= 15 is 0 Å². The lowest BCUT2D eigenvalue weighted by atomic mass is 10.0. The zero-order chi connectivity index (χ0) is 19.1. The first kappa shape index (κ1) is 19.4. The first-order chi connectivity index (χ1) is 12.3. The molecule has 2 amide bonds. The fourth-order valence-corrected chi connectivity index (χ4v) is 2.38. The molecule has 0 saturated carbocycles. The molecule has 0 spiro atoms. The summed E-state index contributed by atoms with van der Waals surface area (Å²) < 4.78 is 18.6. The number of halogens is 1. The van der Waals surface area contributed by atoms with E-state index in [-0.39, 0.29) is 30.2 Å². The predicted molar refractivity (Wildman–Crippen MR) is 98.2 cm³/mol. The summed E-state index contributed by atoms with van der Waals surface area (Å²) in [5, 5.41) is 5.44. The summed E-state index contributed by atoms with van der Waals surface area (Å²) in [4.78, 5) is 23.7. The summed E-state index contributed by atoms with van der Waals surface area (Å²) in [5.41, 5.74) is 1.41. The van der Waals surface area contributed by atoms with E-state index in [1.807, 2.05) is 13.8 Å². The van der Waals surface area contributed by atoms with Gasteiger partial charge in [0.15, 0.2) is 0 Å². The van der Waals surface area contributed by atoms with Gasteiger partial charge in [0, 0.05) is 18.7 Å². The maximum absolute atomic E-state index is 12.9. The van der Waals surface area contributed by atoms with Crippen molar-refractivity contribution < 1.29 is 18.7 Å². The standard InChI is InChI=1S/C20H23FN2O3/c1-13(2)19(22-14(3)24)20(25)23-17-5-4-6-18(11-17)26-12-15-7-9-16(21)10-8-15/h4-11,13,19H,12H2,1-3H3,(H,22,24)(H,23,25). The first-order valence-corrected chi connectivity index (χ1v) is 8.40. The average molecular weight is 358 g/mol. The molecule has 0 aliphatic rings. The van der Waals surface area contributed by atoms with E-state index in [0.29, 0.717) is 11.4 Å². The number of hydrogen-bond donors (Lipinski definition) is 2. The zero-order valence-electron chi connectivity index (χ0n) is 15.1. The Morgan fingerprint density at radius 3 is 2.42 bits per heavy atom. The molecule has 0 saturated heterocycles. The van der Waals surface area contributed by atoms with Gasteiger partial charge in [-0.05, 0) is 35.7 Å². The molecule has 1 atom stereocenters. The van der Waals surface area contributed by atoms with Crippen LogP contribution in [0.4, 0.5) is 10.1 Å². The lowest BCUT2D eigenvalue weighted by Gasteiger charge is -2.21. The van der Waals surface area contributed by atoms with Gasteiger partial charge in [0.2, 0.25) is 11.8 Å². The molecular formula is C20H23FN2O3. The minimum Gasteiger partial charge on any atom is -0.489 e. The van der Waals surface area contributed by atoms with Gasteiger partial charge < -0.3 is 15.4 Å². The molecule has 6 heteroatoms. The Morgan fingerprint density at radius 1 is 1.12 bits per heavy atom. The Morgan fingerprint density at radius 2 is 1.81 bits per heavy atom. The van der Waals surface area contributed by atoms with Gasteiger partial charge in [-0.2, -0.15) is 0 Å². The number of anilines is 1. The smallest absolute Gasteiger partial charge is 0.247 e. The minimum absolute atomic E-state index is 0.0446. The third-order valence-electron chi connectivity index (χ3n) is 3.73. The van der Waals surface area contributed by atoms with Crippen molar-refractivity contribution in [1.82, 2.24) is 5.32 Å². The van der Waals surface area contributed by atoms with Gasteiger partial charge in [-0.1, -0.05) is 32.0 Å². The second kappa shape index (κ2) is 8.99. The highest BCUT2D eigenvalue weighted by Crippen LogP contribution is 2.19. The molecular weight excluding hydrogens is 335 g/mol. The summed E-state index contributed by atoms with van der Waals surface area (Å²) in [5.74, 6) is -0.303. The van der Waals surface area contributed by atoms with Crippen molar-refractivity contribution >= 4 is 17.5 Å². The van der Waals surface area contributed by atoms with E-state index in [9.17, 15) is 14.0 Å². The number of carbonyl (C=O) groups is 2. The summed E-state index contributed by atoms with van der Waals surface area (Å²) in [7, 11) is 0. The molecule has 0 aliphatic carbocycles. The van der Waals surface area contributed by atoms with Gasteiger partial charge in [-0.15, -0.1) is 0 Å². The van der Waals surface area contributed by atoms with Crippen molar-refractivity contribution in [1.29, 1.82) is 0 Å². The number of nitrogens with one attached hydrogen (secondary N) is 2. The Bertz CT molecular complexity index is 760. The van der Waals surface area contributed by atoms with Gasteiger partial charge in [0.1, 0.15) is 24.2 Å². The summed E-state index contributed by atoms with van der Waals surface area (Å²) in [6.07, 6.45) is 0. The lowest BCUT2D eigenvalue weighted by Crippen LogP contribution is -2.46. The van der Waals surface area contributed by atoms with Gasteiger partial charge in [-0.25, -0.2) is 4.39 Å². The molecule has 2 aromatic carbocycles. The Kier molecular flexibility index (Phi) is 6.72. The van der Waals surface area contributed by atoms with E-state index < -0.39 is 6.04 Å². The van der Waals surface area contributed by atoms with Gasteiger partial charge in [0.05, 0.1) is 0 Å². The third-order valence-corrected chi connectivity index (χ3v) is 3.73. The molecule has 0 fully saturated rings. The second-order valence-electron chi connectivity index (χ2n) is 6.35. The normalized spacial score (nSPS) is 11.7. The molecule has 0 radical (unpaired) electrons. The van der Waals surface area contributed by atoms with Gasteiger partial charge in [-0.3, -0.25) is 9.59 Å². The Labute approximate surface area is 152 Å². The quantitative estimate of drug-likeness (QED) is 0.796. The monoisotopic (exact) mass is 358 g/mol. The van der Waals surface area contributed by atoms with E-state index in [1.165, 1.54) is 19.1 Å². The lowest BCUT2D eigenvalue weighted by molar-refractivity contribution is -0.126. The van der Waals surface area contributed by atoms with E-state index in [4.69, 9.17) is 4.74 Å². The van der Waals surface area contributed by atoms with Crippen LogP contribution in [0.1, 0.15) is 26.3 Å². The molecule has 0 bridgehead atoms. The Hall–Kier alpha value is -2.89. The van der Waals surface area contributed by atoms with Gasteiger partial charge >= 0.3 is 0 Å².